The van der Waals surface area contributed by atoms with Crippen molar-refractivity contribution in [2.45, 2.75) is 51.0 Å². The third-order valence-electron chi connectivity index (χ3n) is 9.82. The van der Waals surface area contributed by atoms with E-state index in [1.54, 1.807) is 24.5 Å². The molecule has 0 saturated carbocycles. The highest BCUT2D eigenvalue weighted by Gasteiger charge is 2.33. The number of carbonyl (C=O) groups excluding carboxylic acids is 1. The third kappa shape index (κ3) is 8.25. The van der Waals surface area contributed by atoms with Crippen molar-refractivity contribution in [3.63, 3.8) is 0 Å². The Morgan fingerprint density at radius 3 is 2.39 bits per heavy atom. The van der Waals surface area contributed by atoms with E-state index in [-0.39, 0.29) is 30.8 Å². The minimum Gasteiger partial charge on any atom is -0.392 e. The Morgan fingerprint density at radius 1 is 0.824 bits per heavy atom. The van der Waals surface area contributed by atoms with Crippen LogP contribution in [0.3, 0.4) is 0 Å². The first-order valence-corrected chi connectivity index (χ1v) is 17.5. The Hall–Kier alpha value is -5.18. The van der Waals surface area contributed by atoms with E-state index in [0.717, 1.165) is 39.9 Å². The topological polar surface area (TPSA) is 83.9 Å². The van der Waals surface area contributed by atoms with E-state index >= 15 is 0 Å². The molecule has 1 aliphatic rings. The van der Waals surface area contributed by atoms with E-state index in [1.165, 1.54) is 16.3 Å². The molecule has 2 heterocycles. The van der Waals surface area contributed by atoms with Gasteiger partial charge < -0.3 is 19.9 Å². The van der Waals surface area contributed by atoms with Crippen molar-refractivity contribution < 1.29 is 19.4 Å². The number of nitrogens with one attached hydrogen (secondary N) is 1. The number of hydrogen-bond acceptors (Lipinski definition) is 6. The average molecular weight is 678 g/mol. The summed E-state index contributed by atoms with van der Waals surface area (Å²) in [6.45, 7) is 3.38. The molecule has 0 aliphatic carbocycles. The Balaban J connectivity index is 1.10. The van der Waals surface area contributed by atoms with Crippen LogP contribution in [-0.4, -0.2) is 40.6 Å². The number of carbonyl (C=O) groups is 1. The fourth-order valence-corrected chi connectivity index (χ4v) is 6.74. The summed E-state index contributed by atoms with van der Waals surface area (Å²) in [5.41, 5.74) is 7.74. The second kappa shape index (κ2) is 15.8. The molecular formula is C44H43N3O4. The molecule has 7 nitrogen and oxygen atoms in total. The van der Waals surface area contributed by atoms with Gasteiger partial charge in [0.15, 0.2) is 6.29 Å². The van der Waals surface area contributed by atoms with Gasteiger partial charge >= 0.3 is 0 Å². The molecule has 6 aromatic rings. The summed E-state index contributed by atoms with van der Waals surface area (Å²) < 4.78 is 13.5. The second-order valence-electron chi connectivity index (χ2n) is 13.3. The van der Waals surface area contributed by atoms with Gasteiger partial charge in [-0.3, -0.25) is 14.7 Å². The lowest BCUT2D eigenvalue weighted by Crippen LogP contribution is -2.38. The number of pyridine rings is 1. The minimum atomic E-state index is -0.572. The standard InChI is InChI=1S/C44H43N3O4/c1-30(35-20-19-33-9-3-4-10-37(33)23-35)47(2)28-41-25-42(34-17-15-31(29-48)16-18-34)51-44(50-41)39-13-6-12-38(24-39)36-11-5-8-32(22-36)26-46-43(49)40-14-7-21-45-27-40/h3-24,27,30,41-42,44,48H,25-26,28-29H2,1-2H3,(H,46,49). The van der Waals surface area contributed by atoms with Gasteiger partial charge in [-0.1, -0.05) is 97.1 Å². The Kier molecular flexibility index (Phi) is 10.6. The number of nitrogens with zero attached hydrogens (tertiary/aromatic N) is 2. The summed E-state index contributed by atoms with van der Waals surface area (Å²) in [5, 5.41) is 15.1. The number of ether oxygens (including phenoxy) is 2. The first-order valence-electron chi connectivity index (χ1n) is 17.5. The highest BCUT2D eigenvalue weighted by molar-refractivity contribution is 5.93. The molecule has 1 aromatic heterocycles. The summed E-state index contributed by atoms with van der Waals surface area (Å²) in [4.78, 5) is 19.0. The maximum atomic E-state index is 12.6. The zero-order valence-corrected chi connectivity index (χ0v) is 29.0. The maximum Gasteiger partial charge on any atom is 0.253 e. The number of amides is 1. The van der Waals surface area contributed by atoms with Gasteiger partial charge in [-0.05, 0) is 88.5 Å². The van der Waals surface area contributed by atoms with E-state index in [0.29, 0.717) is 18.5 Å². The summed E-state index contributed by atoms with van der Waals surface area (Å²) in [6.07, 6.45) is 3.08. The van der Waals surface area contributed by atoms with Gasteiger partial charge in [0.1, 0.15) is 0 Å². The lowest BCUT2D eigenvalue weighted by atomic mass is 9.97. The summed E-state index contributed by atoms with van der Waals surface area (Å²) in [6, 6.07) is 43.4. The van der Waals surface area contributed by atoms with Crippen molar-refractivity contribution in [2.75, 3.05) is 13.6 Å². The first-order chi connectivity index (χ1) is 24.9. The highest BCUT2D eigenvalue weighted by atomic mass is 16.7. The highest BCUT2D eigenvalue weighted by Crippen LogP contribution is 2.39. The molecule has 51 heavy (non-hydrogen) atoms. The molecule has 4 atom stereocenters. The number of aliphatic hydroxyl groups excluding tert-OH is 1. The Labute approximate surface area is 299 Å². The number of fused-ring (bicyclic) bond motifs is 1. The van der Waals surface area contributed by atoms with Crippen LogP contribution in [0.5, 0.6) is 0 Å². The number of benzene rings is 5. The zero-order chi connectivity index (χ0) is 35.2. The lowest BCUT2D eigenvalue weighted by molar-refractivity contribution is -0.253. The van der Waals surface area contributed by atoms with Crippen LogP contribution in [0.4, 0.5) is 0 Å². The maximum absolute atomic E-state index is 12.6. The fourth-order valence-electron chi connectivity index (χ4n) is 6.74. The van der Waals surface area contributed by atoms with E-state index in [2.05, 4.69) is 102 Å². The van der Waals surface area contributed by atoms with Gasteiger partial charge in [-0.2, -0.15) is 0 Å². The van der Waals surface area contributed by atoms with Crippen LogP contribution in [-0.2, 0) is 22.6 Å². The van der Waals surface area contributed by atoms with Crippen LogP contribution in [0.1, 0.15) is 70.0 Å². The van der Waals surface area contributed by atoms with Crippen LogP contribution >= 0.6 is 0 Å². The molecule has 1 amide bonds. The van der Waals surface area contributed by atoms with Crippen LogP contribution in [0, 0.1) is 0 Å². The summed E-state index contributed by atoms with van der Waals surface area (Å²) >= 11 is 0. The molecule has 0 bridgehead atoms. The molecule has 2 N–H and O–H groups in total. The SMILES string of the molecule is CC(c1ccc2ccccc2c1)N(C)CC1CC(c2ccc(CO)cc2)OC(c2cccc(-c3cccc(CNC(=O)c4cccnc4)c3)c2)O1. The van der Waals surface area contributed by atoms with Crippen LogP contribution < -0.4 is 5.32 Å². The lowest BCUT2D eigenvalue weighted by Gasteiger charge is -2.39. The van der Waals surface area contributed by atoms with E-state index in [9.17, 15) is 9.90 Å². The number of rotatable bonds is 11. The molecule has 1 aliphatic heterocycles. The predicted molar refractivity (Wildman–Crippen MR) is 201 cm³/mol. The molecule has 258 valence electrons. The number of aromatic nitrogens is 1. The van der Waals surface area contributed by atoms with E-state index in [1.807, 2.05) is 42.5 Å². The van der Waals surface area contributed by atoms with Crippen molar-refractivity contribution in [1.82, 2.24) is 15.2 Å². The molecule has 1 fully saturated rings. The molecular weight excluding hydrogens is 635 g/mol. The second-order valence-corrected chi connectivity index (χ2v) is 13.3. The van der Waals surface area contributed by atoms with Crippen molar-refractivity contribution in [3.05, 3.63) is 173 Å². The molecule has 4 unspecified atom stereocenters. The van der Waals surface area contributed by atoms with Crippen molar-refractivity contribution >= 4 is 16.7 Å². The predicted octanol–water partition coefficient (Wildman–Crippen LogP) is 8.56. The number of aliphatic hydroxyl groups is 1. The monoisotopic (exact) mass is 677 g/mol. The number of hydrogen-bond donors (Lipinski definition) is 2. The fraction of sp³-hybridized carbons (Fsp3) is 0.227. The normalized spacial score (nSPS) is 18.1. The largest absolute Gasteiger partial charge is 0.392 e. The molecule has 0 radical (unpaired) electrons. The number of likely N-dealkylation sites (N-methyl/N-ethyl adjacent to an activating group) is 1. The van der Waals surface area contributed by atoms with Crippen LogP contribution in [0.25, 0.3) is 21.9 Å². The van der Waals surface area contributed by atoms with Gasteiger partial charge in [0.2, 0.25) is 0 Å². The molecule has 7 heteroatoms. The Morgan fingerprint density at radius 2 is 1.61 bits per heavy atom. The smallest absolute Gasteiger partial charge is 0.253 e. The van der Waals surface area contributed by atoms with E-state index in [4.69, 9.17) is 9.47 Å². The van der Waals surface area contributed by atoms with Gasteiger partial charge in [-0.15, -0.1) is 0 Å². The minimum absolute atomic E-state index is 0.00247. The summed E-state index contributed by atoms with van der Waals surface area (Å²) in [5.74, 6) is -0.158. The van der Waals surface area contributed by atoms with Gasteiger partial charge in [0.05, 0.1) is 24.4 Å². The van der Waals surface area contributed by atoms with Crippen LogP contribution in [0.2, 0.25) is 0 Å². The van der Waals surface area contributed by atoms with Crippen molar-refractivity contribution in [2.24, 2.45) is 0 Å². The van der Waals surface area contributed by atoms with Gasteiger partial charge in [-0.25, -0.2) is 0 Å². The third-order valence-corrected chi connectivity index (χ3v) is 9.82. The van der Waals surface area contributed by atoms with E-state index < -0.39 is 6.29 Å². The van der Waals surface area contributed by atoms with Crippen molar-refractivity contribution in [1.29, 1.82) is 0 Å². The molecule has 5 aromatic carbocycles. The quantitative estimate of drug-likeness (QED) is 0.143. The average Bonchev–Trinajstić information content (AvgIpc) is 3.19. The van der Waals surface area contributed by atoms with Gasteiger partial charge in [0.25, 0.3) is 5.91 Å². The van der Waals surface area contributed by atoms with Crippen LogP contribution in [0.15, 0.2) is 140 Å². The van der Waals surface area contributed by atoms with Gasteiger partial charge in [0, 0.05) is 43.5 Å². The van der Waals surface area contributed by atoms with Crippen molar-refractivity contribution in [3.8, 4) is 11.1 Å². The molecule has 7 rings (SSSR count). The first kappa shape index (κ1) is 34.3. The molecule has 0 spiro atoms. The summed E-state index contributed by atoms with van der Waals surface area (Å²) in [7, 11) is 2.16. The Bertz CT molecular complexity index is 2080. The zero-order valence-electron chi connectivity index (χ0n) is 29.0. The molecule has 1 saturated heterocycles.